The molecule has 0 spiro atoms. The highest BCUT2D eigenvalue weighted by molar-refractivity contribution is 6.09. The number of hydrogen-bond donors (Lipinski definition) is 2. The summed E-state index contributed by atoms with van der Waals surface area (Å²) in [5.41, 5.74) is 5.34. The molecule has 0 aliphatic carbocycles. The molecule has 1 amide bonds. The van der Waals surface area contributed by atoms with E-state index >= 15 is 0 Å². The van der Waals surface area contributed by atoms with Crippen LogP contribution in [0.5, 0.6) is 0 Å². The van der Waals surface area contributed by atoms with E-state index in [1.165, 1.54) is 27.5 Å². The van der Waals surface area contributed by atoms with Crippen molar-refractivity contribution in [1.82, 2.24) is 14.9 Å². The molecule has 32 heavy (non-hydrogen) atoms. The predicted molar refractivity (Wildman–Crippen MR) is 134 cm³/mol. The Kier molecular flexibility index (Phi) is 5.31. The van der Waals surface area contributed by atoms with Gasteiger partial charge in [0.1, 0.15) is 5.69 Å². The topological polar surface area (TPSA) is 53.1 Å². The second kappa shape index (κ2) is 8.42. The summed E-state index contributed by atoms with van der Waals surface area (Å²) in [7, 11) is 2.11. The van der Waals surface area contributed by atoms with Gasteiger partial charge in [0.25, 0.3) is 5.91 Å². The van der Waals surface area contributed by atoms with E-state index < -0.39 is 0 Å². The molecule has 2 aromatic heterocycles. The molecule has 0 fully saturated rings. The molecule has 0 aliphatic heterocycles. The van der Waals surface area contributed by atoms with Crippen molar-refractivity contribution in [3.63, 3.8) is 0 Å². The van der Waals surface area contributed by atoms with Gasteiger partial charge in [-0.05, 0) is 49.7 Å². The molecule has 2 N–H and O–H groups in total. The molecule has 0 saturated carbocycles. The number of carbonyl (C=O) groups is 1. The summed E-state index contributed by atoms with van der Waals surface area (Å²) in [6.45, 7) is 4.64. The van der Waals surface area contributed by atoms with Gasteiger partial charge < -0.3 is 19.8 Å². The van der Waals surface area contributed by atoms with Crippen LogP contribution in [0.25, 0.3) is 32.7 Å². The molecule has 5 nitrogen and oxygen atoms in total. The Balaban J connectivity index is 1.23. The van der Waals surface area contributed by atoms with Crippen LogP contribution in [-0.4, -0.2) is 35.6 Å². The molecule has 0 aliphatic rings. The van der Waals surface area contributed by atoms with E-state index in [1.54, 1.807) is 0 Å². The van der Waals surface area contributed by atoms with Gasteiger partial charge in [-0.3, -0.25) is 4.79 Å². The molecule has 0 radical (unpaired) electrons. The third-order valence-electron chi connectivity index (χ3n) is 6.24. The van der Waals surface area contributed by atoms with Gasteiger partial charge >= 0.3 is 0 Å². The Morgan fingerprint density at radius 2 is 1.75 bits per heavy atom. The van der Waals surface area contributed by atoms with Crippen molar-refractivity contribution in [3.8, 4) is 0 Å². The molecule has 2 heterocycles. The number of nitrogens with one attached hydrogen (secondary N) is 2. The van der Waals surface area contributed by atoms with Gasteiger partial charge in [-0.2, -0.15) is 0 Å². The van der Waals surface area contributed by atoms with Crippen molar-refractivity contribution in [3.05, 3.63) is 78.5 Å². The van der Waals surface area contributed by atoms with Crippen LogP contribution in [0.1, 0.15) is 23.8 Å². The summed E-state index contributed by atoms with van der Waals surface area (Å²) < 4.78 is 2.37. The minimum atomic E-state index is -0.0577. The molecule has 0 bridgehead atoms. The van der Waals surface area contributed by atoms with Crippen molar-refractivity contribution >= 4 is 44.3 Å². The van der Waals surface area contributed by atoms with Gasteiger partial charge in [0.05, 0.1) is 0 Å². The fraction of sp³-hybridized carbons (Fsp3) is 0.222. The molecular formula is C27H28N4O. The predicted octanol–water partition coefficient (Wildman–Crippen LogP) is 5.55. The zero-order chi connectivity index (χ0) is 22.1. The average molecular weight is 425 g/mol. The lowest BCUT2D eigenvalue weighted by molar-refractivity contribution is 0.0949. The lowest BCUT2D eigenvalue weighted by Gasteiger charge is -2.19. The number of hydrogen-bond acceptors (Lipinski definition) is 2. The average Bonchev–Trinajstić information content (AvgIpc) is 3.40. The fourth-order valence-corrected chi connectivity index (χ4v) is 4.56. The lowest BCUT2D eigenvalue weighted by Crippen LogP contribution is -2.28. The fourth-order valence-electron chi connectivity index (χ4n) is 4.56. The molecular weight excluding hydrogens is 396 g/mol. The Hall–Kier alpha value is -3.73. The minimum absolute atomic E-state index is 0.0577. The third-order valence-corrected chi connectivity index (χ3v) is 6.24. The van der Waals surface area contributed by atoms with Crippen molar-refractivity contribution in [2.75, 3.05) is 25.0 Å². The van der Waals surface area contributed by atoms with E-state index in [0.29, 0.717) is 12.2 Å². The molecule has 162 valence electrons. The maximum Gasteiger partial charge on any atom is 0.267 e. The van der Waals surface area contributed by atoms with Crippen molar-refractivity contribution < 1.29 is 4.79 Å². The Morgan fingerprint density at radius 1 is 0.969 bits per heavy atom. The molecule has 0 saturated heterocycles. The standard InChI is InChI=1S/C27H28N4O/c1-3-31-25-12-7-5-10-21(25)22-18-20(13-14-26(22)31)30(2)16-8-15-28-27(32)24-17-19-9-4-6-11-23(19)29-24/h4-7,9-14,17-18,29H,3,8,15-16H2,1-2H3,(H,28,32). The summed E-state index contributed by atoms with van der Waals surface area (Å²) in [5.74, 6) is -0.0577. The first kappa shape index (κ1) is 20.2. The maximum atomic E-state index is 12.5. The van der Waals surface area contributed by atoms with Gasteiger partial charge in [-0.15, -0.1) is 0 Å². The van der Waals surface area contributed by atoms with E-state index in [2.05, 4.69) is 76.2 Å². The van der Waals surface area contributed by atoms with Gasteiger partial charge in [0.2, 0.25) is 0 Å². The van der Waals surface area contributed by atoms with Crippen molar-refractivity contribution in [2.24, 2.45) is 0 Å². The molecule has 5 heteroatoms. The maximum absolute atomic E-state index is 12.5. The van der Waals surface area contributed by atoms with E-state index in [9.17, 15) is 4.79 Å². The van der Waals surface area contributed by atoms with Gasteiger partial charge in [-0.25, -0.2) is 0 Å². The largest absolute Gasteiger partial charge is 0.375 e. The first-order chi connectivity index (χ1) is 15.7. The van der Waals surface area contributed by atoms with Gasteiger partial charge in [-0.1, -0.05) is 36.4 Å². The Bertz CT molecular complexity index is 1380. The number of nitrogens with zero attached hydrogens (tertiary/aromatic N) is 2. The SMILES string of the molecule is CCn1c2ccccc2c2cc(N(C)CCCNC(=O)c3cc4ccccc4[nH]3)ccc21. The van der Waals surface area contributed by atoms with Crippen LogP contribution >= 0.6 is 0 Å². The number of aryl methyl sites for hydroxylation is 1. The van der Waals surface area contributed by atoms with Crippen molar-refractivity contribution in [1.29, 1.82) is 0 Å². The molecule has 0 unspecified atom stereocenters. The number of aromatic nitrogens is 2. The smallest absolute Gasteiger partial charge is 0.267 e. The second-order valence-corrected chi connectivity index (χ2v) is 8.26. The summed E-state index contributed by atoms with van der Waals surface area (Å²) >= 11 is 0. The summed E-state index contributed by atoms with van der Waals surface area (Å²) in [6.07, 6.45) is 0.872. The zero-order valence-corrected chi connectivity index (χ0v) is 18.6. The minimum Gasteiger partial charge on any atom is -0.375 e. The van der Waals surface area contributed by atoms with Crippen LogP contribution in [0.3, 0.4) is 0 Å². The van der Waals surface area contributed by atoms with Crippen LogP contribution in [0, 0.1) is 0 Å². The third kappa shape index (κ3) is 3.60. The quantitative estimate of drug-likeness (QED) is 0.337. The number of aromatic amines is 1. The monoisotopic (exact) mass is 424 g/mol. The second-order valence-electron chi connectivity index (χ2n) is 8.26. The zero-order valence-electron chi connectivity index (χ0n) is 18.6. The van der Waals surface area contributed by atoms with Crippen LogP contribution in [0.2, 0.25) is 0 Å². The van der Waals surface area contributed by atoms with Gasteiger partial charge in [0, 0.05) is 65.1 Å². The lowest BCUT2D eigenvalue weighted by atomic mass is 10.1. The molecule has 5 aromatic rings. The first-order valence-corrected chi connectivity index (χ1v) is 11.2. The van der Waals surface area contributed by atoms with E-state index in [0.717, 1.165) is 30.4 Å². The number of benzene rings is 3. The first-order valence-electron chi connectivity index (χ1n) is 11.2. The van der Waals surface area contributed by atoms with E-state index in [-0.39, 0.29) is 5.91 Å². The van der Waals surface area contributed by atoms with E-state index in [1.807, 2.05) is 30.3 Å². The number of H-pyrrole nitrogens is 1. The summed E-state index contributed by atoms with van der Waals surface area (Å²) in [5, 5.41) is 6.67. The number of anilines is 1. The Labute approximate surface area is 187 Å². The highest BCUT2D eigenvalue weighted by Gasteiger charge is 2.12. The normalized spacial score (nSPS) is 11.4. The van der Waals surface area contributed by atoms with Crippen LogP contribution in [-0.2, 0) is 6.54 Å². The molecule has 3 aromatic carbocycles. The van der Waals surface area contributed by atoms with Crippen LogP contribution in [0.15, 0.2) is 72.8 Å². The van der Waals surface area contributed by atoms with Crippen LogP contribution in [0.4, 0.5) is 5.69 Å². The Morgan fingerprint density at radius 3 is 2.59 bits per heavy atom. The molecule has 0 atom stereocenters. The van der Waals surface area contributed by atoms with Crippen LogP contribution < -0.4 is 10.2 Å². The molecule has 5 rings (SSSR count). The number of rotatable bonds is 7. The van der Waals surface area contributed by atoms with E-state index in [4.69, 9.17) is 0 Å². The van der Waals surface area contributed by atoms with Gasteiger partial charge in [0.15, 0.2) is 0 Å². The highest BCUT2D eigenvalue weighted by Crippen LogP contribution is 2.31. The number of carbonyl (C=O) groups excluding carboxylic acids is 1. The number of para-hydroxylation sites is 2. The number of fused-ring (bicyclic) bond motifs is 4. The summed E-state index contributed by atoms with van der Waals surface area (Å²) in [4.78, 5) is 17.9. The van der Waals surface area contributed by atoms with Crippen molar-refractivity contribution in [2.45, 2.75) is 19.9 Å². The number of amides is 1. The summed E-state index contributed by atoms with van der Waals surface area (Å²) in [6, 6.07) is 25.1. The highest BCUT2D eigenvalue weighted by atomic mass is 16.1.